The summed E-state index contributed by atoms with van der Waals surface area (Å²) >= 11 is 3.33. The molecule has 6 heteroatoms. The number of hydrogen-bond donors (Lipinski definition) is 0. The molecule has 0 fully saturated rings. The van der Waals surface area contributed by atoms with Crippen LogP contribution in [0.3, 0.4) is 0 Å². The molecular formula is C22H22BrNO4. The van der Waals surface area contributed by atoms with Crippen LogP contribution in [0.5, 0.6) is 5.75 Å². The lowest BCUT2D eigenvalue weighted by molar-refractivity contribution is -0.148. The molecule has 5 nitrogen and oxygen atoms in total. The van der Waals surface area contributed by atoms with Crippen LogP contribution in [0.2, 0.25) is 0 Å². The molecule has 0 atom stereocenters. The molecule has 1 heterocycles. The van der Waals surface area contributed by atoms with E-state index in [1.807, 2.05) is 36.2 Å². The number of carbonyl (C=O) groups excluding carboxylic acids is 2. The average molecular weight is 444 g/mol. The number of nitrogens with zero attached hydrogens (tertiary/aromatic N) is 1. The van der Waals surface area contributed by atoms with Gasteiger partial charge in [0.05, 0.1) is 0 Å². The number of hydrogen-bond acceptors (Lipinski definition) is 5. The lowest BCUT2D eigenvalue weighted by atomic mass is 9.83. The molecule has 146 valence electrons. The third-order valence-electron chi connectivity index (χ3n) is 4.77. The number of para-hydroxylation sites is 1. The number of anilines is 1. The molecule has 0 saturated heterocycles. The molecule has 0 aromatic heterocycles. The number of benzene rings is 2. The molecule has 0 bridgehead atoms. The van der Waals surface area contributed by atoms with Gasteiger partial charge in [0, 0.05) is 34.4 Å². The Labute approximate surface area is 173 Å². The van der Waals surface area contributed by atoms with Crippen LogP contribution in [0.25, 0.3) is 0 Å². The van der Waals surface area contributed by atoms with Crippen LogP contribution >= 0.6 is 15.9 Å². The van der Waals surface area contributed by atoms with Crippen LogP contribution in [0.1, 0.15) is 19.4 Å². The van der Waals surface area contributed by atoms with Gasteiger partial charge < -0.3 is 14.4 Å². The monoisotopic (exact) mass is 443 g/mol. The maximum atomic E-state index is 12.4. The molecule has 2 aromatic carbocycles. The van der Waals surface area contributed by atoms with E-state index in [-0.39, 0.29) is 24.4 Å². The largest absolute Gasteiger partial charge is 0.482 e. The zero-order chi connectivity index (χ0) is 20.3. The molecule has 1 aliphatic rings. The van der Waals surface area contributed by atoms with Crippen LogP contribution in [0.4, 0.5) is 5.69 Å². The molecule has 0 radical (unpaired) electrons. The standard InChI is InChI=1S/C22H22BrNO4/c1-22(2)18-9-4-5-10-19(18)24(3)20(22)12-16(25)13-28-21(26)14-27-17-8-6-7-15(23)11-17/h4-12H,13-14H2,1-3H3/b20-12-. The number of rotatable bonds is 6. The molecule has 0 unspecified atom stereocenters. The van der Waals surface area contributed by atoms with Crippen molar-refractivity contribution >= 4 is 33.4 Å². The van der Waals surface area contributed by atoms with Gasteiger partial charge in [-0.05, 0) is 29.8 Å². The Morgan fingerprint density at radius 3 is 2.57 bits per heavy atom. The van der Waals surface area contributed by atoms with Crippen molar-refractivity contribution in [1.82, 2.24) is 0 Å². The summed E-state index contributed by atoms with van der Waals surface area (Å²) in [4.78, 5) is 26.3. The number of ether oxygens (including phenoxy) is 2. The predicted octanol–water partition coefficient (Wildman–Crippen LogP) is 4.25. The highest BCUT2D eigenvalue weighted by molar-refractivity contribution is 9.10. The third-order valence-corrected chi connectivity index (χ3v) is 5.26. The van der Waals surface area contributed by atoms with Crippen molar-refractivity contribution in [1.29, 1.82) is 0 Å². The molecule has 28 heavy (non-hydrogen) atoms. The number of carbonyl (C=O) groups is 2. The minimum Gasteiger partial charge on any atom is -0.482 e. The van der Waals surface area contributed by atoms with Crippen LogP contribution in [0.15, 0.2) is 64.8 Å². The van der Waals surface area contributed by atoms with Crippen molar-refractivity contribution in [2.45, 2.75) is 19.3 Å². The van der Waals surface area contributed by atoms with Crippen molar-refractivity contribution in [2.24, 2.45) is 0 Å². The first kappa shape index (κ1) is 20.1. The van der Waals surface area contributed by atoms with Gasteiger partial charge in [-0.3, -0.25) is 4.79 Å². The second-order valence-corrected chi connectivity index (χ2v) is 8.02. The summed E-state index contributed by atoms with van der Waals surface area (Å²) in [6, 6.07) is 15.2. The molecule has 0 N–H and O–H groups in total. The van der Waals surface area contributed by atoms with Crippen LogP contribution < -0.4 is 9.64 Å². The van der Waals surface area contributed by atoms with E-state index in [0.717, 1.165) is 21.4 Å². The van der Waals surface area contributed by atoms with E-state index in [4.69, 9.17) is 9.47 Å². The Morgan fingerprint density at radius 2 is 1.86 bits per heavy atom. The lowest BCUT2D eigenvalue weighted by Gasteiger charge is -2.23. The summed E-state index contributed by atoms with van der Waals surface area (Å²) in [6.45, 7) is 3.58. The van der Waals surface area contributed by atoms with E-state index < -0.39 is 5.97 Å². The number of halogens is 1. The number of likely N-dealkylation sites (N-methyl/N-ethyl adjacent to an activating group) is 1. The Bertz CT molecular complexity index is 936. The van der Waals surface area contributed by atoms with Crippen LogP contribution in [-0.2, 0) is 19.7 Å². The Hall–Kier alpha value is -2.60. The fourth-order valence-corrected chi connectivity index (χ4v) is 3.72. The average Bonchev–Trinajstić information content (AvgIpc) is 2.86. The second kappa shape index (κ2) is 8.19. The summed E-state index contributed by atoms with van der Waals surface area (Å²) in [5.41, 5.74) is 2.82. The number of ketones is 1. The van der Waals surface area contributed by atoms with Gasteiger partial charge in [0.15, 0.2) is 19.0 Å². The Balaban J connectivity index is 1.57. The summed E-state index contributed by atoms with van der Waals surface area (Å²) in [5.74, 6) is -0.306. The third kappa shape index (κ3) is 4.28. The van der Waals surface area contributed by atoms with Gasteiger partial charge >= 0.3 is 5.97 Å². The van der Waals surface area contributed by atoms with Gasteiger partial charge in [-0.25, -0.2) is 4.79 Å². The smallest absolute Gasteiger partial charge is 0.344 e. The summed E-state index contributed by atoms with van der Waals surface area (Å²) < 4.78 is 11.3. The van der Waals surface area contributed by atoms with Crippen molar-refractivity contribution in [3.8, 4) is 5.75 Å². The van der Waals surface area contributed by atoms with Gasteiger partial charge in [-0.15, -0.1) is 0 Å². The summed E-state index contributed by atoms with van der Waals surface area (Å²) in [6.07, 6.45) is 1.56. The Morgan fingerprint density at radius 1 is 1.11 bits per heavy atom. The topological polar surface area (TPSA) is 55.8 Å². The van der Waals surface area contributed by atoms with E-state index in [1.54, 1.807) is 24.3 Å². The Kier molecular flexibility index (Phi) is 5.89. The van der Waals surface area contributed by atoms with Gasteiger partial charge in [-0.1, -0.05) is 54.0 Å². The van der Waals surface area contributed by atoms with Crippen LogP contribution in [0, 0.1) is 0 Å². The molecule has 0 spiro atoms. The van der Waals surface area contributed by atoms with Crippen molar-refractivity contribution < 1.29 is 19.1 Å². The first-order valence-electron chi connectivity index (χ1n) is 8.91. The second-order valence-electron chi connectivity index (χ2n) is 7.10. The maximum absolute atomic E-state index is 12.4. The molecule has 0 amide bonds. The quantitative estimate of drug-likeness (QED) is 0.493. The van der Waals surface area contributed by atoms with E-state index >= 15 is 0 Å². The first-order chi connectivity index (χ1) is 13.3. The molecule has 0 saturated carbocycles. The van der Waals surface area contributed by atoms with Crippen molar-refractivity contribution in [2.75, 3.05) is 25.2 Å². The number of fused-ring (bicyclic) bond motifs is 1. The van der Waals surface area contributed by atoms with Crippen molar-refractivity contribution in [3.63, 3.8) is 0 Å². The van der Waals surface area contributed by atoms with Crippen molar-refractivity contribution in [3.05, 3.63) is 70.3 Å². The highest BCUT2D eigenvalue weighted by atomic mass is 79.9. The number of esters is 1. The molecule has 3 rings (SSSR count). The van der Waals surface area contributed by atoms with Gasteiger partial charge in [-0.2, -0.15) is 0 Å². The van der Waals surface area contributed by atoms with Crippen LogP contribution in [-0.4, -0.2) is 32.0 Å². The molecule has 1 aliphatic heterocycles. The molecule has 2 aromatic rings. The first-order valence-corrected chi connectivity index (χ1v) is 9.70. The van der Waals surface area contributed by atoms with E-state index in [0.29, 0.717) is 5.75 Å². The van der Waals surface area contributed by atoms with Gasteiger partial charge in [0.1, 0.15) is 5.75 Å². The normalized spacial score (nSPS) is 16.0. The zero-order valence-electron chi connectivity index (χ0n) is 16.1. The molecular weight excluding hydrogens is 422 g/mol. The van der Waals surface area contributed by atoms with E-state index in [1.165, 1.54) is 0 Å². The van der Waals surface area contributed by atoms with Gasteiger partial charge in [0.2, 0.25) is 0 Å². The SMILES string of the molecule is CN1/C(=C\C(=O)COC(=O)COc2cccc(Br)c2)C(C)(C)c2ccccc21. The zero-order valence-corrected chi connectivity index (χ0v) is 17.7. The minimum atomic E-state index is -0.589. The summed E-state index contributed by atoms with van der Waals surface area (Å²) in [5, 5.41) is 0. The highest BCUT2D eigenvalue weighted by Gasteiger charge is 2.38. The number of allylic oxidation sites excluding steroid dienone is 1. The summed E-state index contributed by atoms with van der Waals surface area (Å²) in [7, 11) is 1.94. The predicted molar refractivity (Wildman–Crippen MR) is 112 cm³/mol. The fourth-order valence-electron chi connectivity index (χ4n) is 3.35. The van der Waals surface area contributed by atoms with E-state index in [2.05, 4.69) is 35.8 Å². The highest BCUT2D eigenvalue weighted by Crippen LogP contribution is 2.46. The molecule has 0 aliphatic carbocycles. The maximum Gasteiger partial charge on any atom is 0.344 e. The minimum absolute atomic E-state index is 0.253. The fraction of sp³-hybridized carbons (Fsp3) is 0.273. The lowest BCUT2D eigenvalue weighted by Crippen LogP contribution is -2.25. The van der Waals surface area contributed by atoms with Gasteiger partial charge in [0.25, 0.3) is 0 Å². The van der Waals surface area contributed by atoms with E-state index in [9.17, 15) is 9.59 Å².